The van der Waals surface area contributed by atoms with Crippen molar-refractivity contribution in [2.24, 2.45) is 0 Å². The molecule has 3 aromatic rings. The van der Waals surface area contributed by atoms with Gasteiger partial charge in [0.25, 0.3) is 0 Å². The maximum Gasteiger partial charge on any atom is 0.340 e. The fourth-order valence-corrected chi connectivity index (χ4v) is 2.84. The molecule has 9 heteroatoms. The average Bonchev–Trinajstić information content (AvgIpc) is 2.76. The SMILES string of the molecule is CCc1ccccc1Nc1nc(N)nc(COC(=O)c2ccccc2NCCO)n1. The highest BCUT2D eigenvalue weighted by molar-refractivity contribution is 5.95. The summed E-state index contributed by atoms with van der Waals surface area (Å²) in [4.78, 5) is 25.0. The molecule has 5 N–H and O–H groups in total. The van der Waals surface area contributed by atoms with Gasteiger partial charge in [-0.15, -0.1) is 0 Å². The Kier molecular flexibility index (Phi) is 7.12. The Labute approximate surface area is 174 Å². The summed E-state index contributed by atoms with van der Waals surface area (Å²) in [5.74, 6) is -0.00834. The molecule has 0 saturated heterocycles. The lowest BCUT2D eigenvalue weighted by Gasteiger charge is -2.12. The van der Waals surface area contributed by atoms with Crippen LogP contribution in [0, 0.1) is 0 Å². The van der Waals surface area contributed by atoms with Crippen molar-refractivity contribution < 1.29 is 14.6 Å². The van der Waals surface area contributed by atoms with Crippen molar-refractivity contribution in [3.8, 4) is 0 Å². The minimum Gasteiger partial charge on any atom is -0.454 e. The predicted octanol–water partition coefficient (Wildman–Crippen LogP) is 2.52. The molecular formula is C21H24N6O3. The molecule has 0 amide bonds. The lowest BCUT2D eigenvalue weighted by Crippen LogP contribution is -2.14. The van der Waals surface area contributed by atoms with E-state index >= 15 is 0 Å². The van der Waals surface area contributed by atoms with Gasteiger partial charge in [-0.25, -0.2) is 4.79 Å². The quantitative estimate of drug-likeness (QED) is 0.394. The van der Waals surface area contributed by atoms with Crippen LogP contribution in [0.1, 0.15) is 28.7 Å². The number of nitrogens with zero attached hydrogens (tertiary/aromatic N) is 3. The molecule has 3 rings (SSSR count). The largest absolute Gasteiger partial charge is 0.454 e. The van der Waals surface area contributed by atoms with Crippen LogP contribution in [0.5, 0.6) is 0 Å². The van der Waals surface area contributed by atoms with Crippen molar-refractivity contribution in [1.82, 2.24) is 15.0 Å². The van der Waals surface area contributed by atoms with Gasteiger partial charge in [0.05, 0.1) is 12.2 Å². The zero-order valence-electron chi connectivity index (χ0n) is 16.6. The molecule has 0 aliphatic carbocycles. The number of hydrogen-bond acceptors (Lipinski definition) is 9. The number of hydrogen-bond donors (Lipinski definition) is 4. The molecule has 0 aliphatic rings. The summed E-state index contributed by atoms with van der Waals surface area (Å²) in [6.07, 6.45) is 0.845. The zero-order valence-corrected chi connectivity index (χ0v) is 16.6. The van der Waals surface area contributed by atoms with Crippen LogP contribution < -0.4 is 16.4 Å². The van der Waals surface area contributed by atoms with E-state index in [1.807, 2.05) is 24.3 Å². The number of ether oxygens (including phenoxy) is 1. The summed E-state index contributed by atoms with van der Waals surface area (Å²) in [7, 11) is 0. The van der Waals surface area contributed by atoms with Crippen molar-refractivity contribution in [2.75, 3.05) is 29.5 Å². The molecule has 0 unspecified atom stereocenters. The third-order valence-electron chi connectivity index (χ3n) is 4.25. The molecule has 0 atom stereocenters. The van der Waals surface area contributed by atoms with E-state index in [1.54, 1.807) is 24.3 Å². The lowest BCUT2D eigenvalue weighted by atomic mass is 10.1. The number of carbonyl (C=O) groups is 1. The van der Waals surface area contributed by atoms with Crippen molar-refractivity contribution in [2.45, 2.75) is 20.0 Å². The first-order valence-electron chi connectivity index (χ1n) is 9.57. The minimum absolute atomic E-state index is 0.0255. The fourth-order valence-electron chi connectivity index (χ4n) is 2.84. The van der Waals surface area contributed by atoms with E-state index in [0.717, 1.165) is 17.7 Å². The third-order valence-corrected chi connectivity index (χ3v) is 4.25. The van der Waals surface area contributed by atoms with Crippen molar-refractivity contribution >= 4 is 29.2 Å². The molecular weight excluding hydrogens is 384 g/mol. The Morgan fingerprint density at radius 3 is 2.57 bits per heavy atom. The molecule has 1 aromatic heterocycles. The summed E-state index contributed by atoms with van der Waals surface area (Å²) >= 11 is 0. The van der Waals surface area contributed by atoms with Crippen molar-refractivity contribution in [3.63, 3.8) is 0 Å². The Hall–Kier alpha value is -3.72. The highest BCUT2D eigenvalue weighted by Gasteiger charge is 2.14. The van der Waals surface area contributed by atoms with Gasteiger partial charge in [-0.3, -0.25) is 0 Å². The highest BCUT2D eigenvalue weighted by atomic mass is 16.5. The smallest absolute Gasteiger partial charge is 0.340 e. The molecule has 156 valence electrons. The van der Waals surface area contributed by atoms with Gasteiger partial charge in [0.15, 0.2) is 12.4 Å². The third kappa shape index (κ3) is 5.42. The number of aryl methyl sites for hydroxylation is 1. The van der Waals surface area contributed by atoms with Gasteiger partial charge in [-0.05, 0) is 30.2 Å². The van der Waals surface area contributed by atoms with E-state index in [2.05, 4.69) is 32.5 Å². The number of carbonyl (C=O) groups excluding carboxylic acids is 1. The monoisotopic (exact) mass is 408 g/mol. The van der Waals surface area contributed by atoms with Crippen LogP contribution >= 0.6 is 0 Å². The molecule has 2 aromatic carbocycles. The van der Waals surface area contributed by atoms with E-state index in [0.29, 0.717) is 17.8 Å². The zero-order chi connectivity index (χ0) is 21.3. The minimum atomic E-state index is -0.541. The topological polar surface area (TPSA) is 135 Å². The highest BCUT2D eigenvalue weighted by Crippen LogP contribution is 2.20. The van der Waals surface area contributed by atoms with Gasteiger partial charge in [0.2, 0.25) is 11.9 Å². The van der Waals surface area contributed by atoms with Gasteiger partial charge < -0.3 is 26.2 Å². The van der Waals surface area contributed by atoms with Crippen molar-refractivity contribution in [1.29, 1.82) is 0 Å². The predicted molar refractivity (Wildman–Crippen MR) is 114 cm³/mol. The van der Waals surface area contributed by atoms with Gasteiger partial charge >= 0.3 is 5.97 Å². The fraction of sp³-hybridized carbons (Fsp3) is 0.238. The number of nitrogens with one attached hydrogen (secondary N) is 2. The molecule has 0 aliphatic heterocycles. The summed E-state index contributed by atoms with van der Waals surface area (Å²) in [5, 5.41) is 15.1. The second kappa shape index (κ2) is 10.2. The summed E-state index contributed by atoms with van der Waals surface area (Å²) in [6.45, 7) is 2.16. The lowest BCUT2D eigenvalue weighted by molar-refractivity contribution is 0.0463. The number of anilines is 4. The van der Waals surface area contributed by atoms with Crippen molar-refractivity contribution in [3.05, 3.63) is 65.5 Å². The number of aliphatic hydroxyl groups excluding tert-OH is 1. The normalized spacial score (nSPS) is 10.5. The Morgan fingerprint density at radius 1 is 1.07 bits per heavy atom. The number of rotatable bonds is 9. The molecule has 1 heterocycles. The number of aliphatic hydroxyl groups is 1. The van der Waals surface area contributed by atoms with E-state index in [4.69, 9.17) is 15.6 Å². The Bertz CT molecular complexity index is 1010. The van der Waals surface area contributed by atoms with Gasteiger partial charge in [-0.2, -0.15) is 15.0 Å². The van der Waals surface area contributed by atoms with Crippen LogP contribution in [0.2, 0.25) is 0 Å². The van der Waals surface area contributed by atoms with Crippen LogP contribution in [0.15, 0.2) is 48.5 Å². The number of aromatic nitrogens is 3. The van der Waals surface area contributed by atoms with Gasteiger partial charge in [-0.1, -0.05) is 37.3 Å². The van der Waals surface area contributed by atoms with E-state index in [-0.39, 0.29) is 30.9 Å². The molecule has 0 fully saturated rings. The molecule has 30 heavy (non-hydrogen) atoms. The van der Waals surface area contributed by atoms with E-state index in [1.165, 1.54) is 0 Å². The number of nitrogens with two attached hydrogens (primary N) is 1. The summed E-state index contributed by atoms with van der Waals surface area (Å²) < 4.78 is 5.36. The number of benzene rings is 2. The van der Waals surface area contributed by atoms with Crippen LogP contribution in [-0.2, 0) is 17.8 Å². The van der Waals surface area contributed by atoms with E-state index < -0.39 is 5.97 Å². The van der Waals surface area contributed by atoms with Crippen LogP contribution in [-0.4, -0.2) is 39.2 Å². The maximum atomic E-state index is 12.5. The first-order chi connectivity index (χ1) is 14.6. The maximum absolute atomic E-state index is 12.5. The number of para-hydroxylation sites is 2. The van der Waals surface area contributed by atoms with Crippen LogP contribution in [0.3, 0.4) is 0 Å². The number of nitrogen functional groups attached to an aromatic ring is 1. The molecule has 0 spiro atoms. The molecule has 0 radical (unpaired) electrons. The first kappa shape index (κ1) is 21.0. The summed E-state index contributed by atoms with van der Waals surface area (Å²) in [6, 6.07) is 14.7. The first-order valence-corrected chi connectivity index (χ1v) is 9.57. The van der Waals surface area contributed by atoms with Gasteiger partial charge in [0.1, 0.15) is 0 Å². The van der Waals surface area contributed by atoms with E-state index in [9.17, 15) is 4.79 Å². The Balaban J connectivity index is 1.71. The second-order valence-electron chi connectivity index (χ2n) is 6.34. The van der Waals surface area contributed by atoms with Crippen LogP contribution in [0.4, 0.5) is 23.3 Å². The summed E-state index contributed by atoms with van der Waals surface area (Å²) in [5.41, 5.74) is 8.71. The second-order valence-corrected chi connectivity index (χ2v) is 6.34. The molecule has 0 saturated carbocycles. The average molecular weight is 408 g/mol. The van der Waals surface area contributed by atoms with Crippen LogP contribution in [0.25, 0.3) is 0 Å². The van der Waals surface area contributed by atoms with Gasteiger partial charge in [0, 0.05) is 17.9 Å². The standard InChI is InChI=1S/C21H24N6O3/c1-2-14-7-3-5-9-16(14)24-21-26-18(25-20(22)27-21)13-30-19(29)15-8-4-6-10-17(15)23-11-12-28/h3-10,23,28H,2,11-13H2,1H3,(H3,22,24,25,26,27). The Morgan fingerprint density at radius 2 is 1.80 bits per heavy atom. The molecule has 9 nitrogen and oxygen atoms in total. The number of esters is 1. The molecule has 0 bridgehead atoms.